The fourth-order valence-corrected chi connectivity index (χ4v) is 4.18. The van der Waals surface area contributed by atoms with Crippen LogP contribution in [-0.4, -0.2) is 15.5 Å². The number of rotatable bonds is 3. The molecular formula is C22H18BrNO3. The highest BCUT2D eigenvalue weighted by atomic mass is 79.9. The zero-order valence-corrected chi connectivity index (χ0v) is 16.2. The Labute approximate surface area is 165 Å². The largest absolute Gasteiger partial charge is 0.507 e. The number of benzene rings is 2. The van der Waals surface area contributed by atoms with Gasteiger partial charge in [0.2, 0.25) is 5.78 Å². The quantitative estimate of drug-likeness (QED) is 0.634. The van der Waals surface area contributed by atoms with Crippen LogP contribution in [0.25, 0.3) is 5.69 Å². The predicted octanol–water partition coefficient (Wildman–Crippen LogP) is 4.42. The van der Waals surface area contributed by atoms with Crippen LogP contribution in [0.2, 0.25) is 0 Å². The van der Waals surface area contributed by atoms with Gasteiger partial charge in [0.15, 0.2) is 0 Å². The Morgan fingerprint density at radius 1 is 0.963 bits per heavy atom. The minimum absolute atomic E-state index is 0.161. The highest BCUT2D eigenvalue weighted by Crippen LogP contribution is 2.33. The van der Waals surface area contributed by atoms with Gasteiger partial charge in [0.1, 0.15) is 11.3 Å². The Morgan fingerprint density at radius 2 is 1.63 bits per heavy atom. The summed E-state index contributed by atoms with van der Waals surface area (Å²) in [6.45, 7) is 0. The lowest BCUT2D eigenvalue weighted by Crippen LogP contribution is -2.31. The fourth-order valence-electron chi connectivity index (χ4n) is 3.71. The van der Waals surface area contributed by atoms with Gasteiger partial charge >= 0.3 is 0 Å². The van der Waals surface area contributed by atoms with E-state index in [9.17, 15) is 14.7 Å². The van der Waals surface area contributed by atoms with E-state index in [2.05, 4.69) is 15.9 Å². The maximum Gasteiger partial charge on any atom is 0.270 e. The van der Waals surface area contributed by atoms with Crippen LogP contribution in [0.3, 0.4) is 0 Å². The number of aromatic nitrogens is 1. The second kappa shape index (κ2) is 7.16. The zero-order valence-electron chi connectivity index (χ0n) is 14.6. The molecule has 5 heteroatoms. The van der Waals surface area contributed by atoms with Gasteiger partial charge in [-0.25, -0.2) is 0 Å². The second-order valence-electron chi connectivity index (χ2n) is 6.64. The van der Waals surface area contributed by atoms with E-state index in [0.29, 0.717) is 34.1 Å². The van der Waals surface area contributed by atoms with Gasteiger partial charge < -0.3 is 5.11 Å². The van der Waals surface area contributed by atoms with Crippen molar-refractivity contribution >= 4 is 21.7 Å². The van der Waals surface area contributed by atoms with Crippen molar-refractivity contribution in [1.82, 2.24) is 4.57 Å². The number of carbonyl (C=O) groups is 1. The number of fused-ring (bicyclic) bond motifs is 1. The third-order valence-corrected chi connectivity index (χ3v) is 5.70. The lowest BCUT2D eigenvalue weighted by Gasteiger charge is -2.24. The summed E-state index contributed by atoms with van der Waals surface area (Å²) >= 11 is 3.37. The first kappa shape index (κ1) is 17.7. The molecule has 0 fully saturated rings. The molecule has 4 nitrogen and oxygen atoms in total. The monoisotopic (exact) mass is 423 g/mol. The highest BCUT2D eigenvalue weighted by Gasteiger charge is 2.28. The number of hydrogen-bond donors (Lipinski definition) is 1. The Morgan fingerprint density at radius 3 is 2.37 bits per heavy atom. The van der Waals surface area contributed by atoms with Crippen LogP contribution in [0.5, 0.6) is 5.75 Å². The minimum atomic E-state index is -0.472. The molecule has 1 heterocycles. The smallest absolute Gasteiger partial charge is 0.270 e. The topological polar surface area (TPSA) is 59.3 Å². The lowest BCUT2D eigenvalue weighted by atomic mass is 9.91. The molecule has 4 rings (SSSR count). The Kier molecular flexibility index (Phi) is 4.70. The molecule has 1 aliphatic rings. The molecule has 0 bridgehead atoms. The summed E-state index contributed by atoms with van der Waals surface area (Å²) in [7, 11) is 0. The van der Waals surface area contributed by atoms with E-state index in [4.69, 9.17) is 0 Å². The third-order valence-electron chi connectivity index (χ3n) is 5.01. The van der Waals surface area contributed by atoms with Crippen molar-refractivity contribution in [2.45, 2.75) is 25.7 Å². The van der Waals surface area contributed by atoms with Crippen LogP contribution in [0.1, 0.15) is 40.0 Å². The summed E-state index contributed by atoms with van der Waals surface area (Å²) in [6, 6.07) is 16.2. The van der Waals surface area contributed by atoms with Gasteiger partial charge in [-0.15, -0.1) is 0 Å². The number of para-hydroxylation sites is 1. The molecule has 0 unspecified atom stereocenters. The molecule has 0 saturated heterocycles. The Hall–Kier alpha value is -2.66. The van der Waals surface area contributed by atoms with Crippen molar-refractivity contribution in [1.29, 1.82) is 0 Å². The van der Waals surface area contributed by atoms with Gasteiger partial charge in [-0.05, 0) is 49.9 Å². The van der Waals surface area contributed by atoms with Gasteiger partial charge in [-0.2, -0.15) is 0 Å². The number of ketones is 1. The maximum atomic E-state index is 13.4. The number of aromatic hydroxyl groups is 1. The molecule has 1 aliphatic carbocycles. The summed E-state index contributed by atoms with van der Waals surface area (Å²) in [5.74, 6) is -0.634. The van der Waals surface area contributed by atoms with Crippen LogP contribution < -0.4 is 5.56 Å². The molecule has 0 aliphatic heterocycles. The van der Waals surface area contributed by atoms with Gasteiger partial charge in [0.05, 0.1) is 0 Å². The SMILES string of the molecule is O=C(c1ccccc1Br)c1c(O)c2c(n(-c3ccccc3)c1=O)CCCC2. The van der Waals surface area contributed by atoms with Gasteiger partial charge in [-0.1, -0.05) is 46.3 Å². The summed E-state index contributed by atoms with van der Waals surface area (Å²) in [4.78, 5) is 26.5. The second-order valence-corrected chi connectivity index (χ2v) is 7.50. The van der Waals surface area contributed by atoms with Crippen molar-refractivity contribution in [3.8, 4) is 11.4 Å². The average molecular weight is 424 g/mol. The summed E-state index contributed by atoms with van der Waals surface area (Å²) < 4.78 is 2.19. The third kappa shape index (κ3) is 3.02. The number of pyridine rings is 1. The summed E-state index contributed by atoms with van der Waals surface area (Å²) in [5, 5.41) is 10.9. The number of hydrogen-bond acceptors (Lipinski definition) is 3. The molecule has 0 radical (unpaired) electrons. The van der Waals surface area contributed by atoms with E-state index in [1.807, 2.05) is 30.3 Å². The molecule has 136 valence electrons. The van der Waals surface area contributed by atoms with E-state index >= 15 is 0 Å². The molecule has 27 heavy (non-hydrogen) atoms. The standard InChI is InChI=1S/C22H18BrNO3/c23-17-12-6-4-10-15(17)20(25)19-21(26)16-11-5-7-13-18(16)24(22(19)27)14-8-2-1-3-9-14/h1-4,6,8-10,12,26H,5,7,11,13H2. The normalized spacial score (nSPS) is 13.2. The predicted molar refractivity (Wildman–Crippen MR) is 108 cm³/mol. The molecule has 0 saturated carbocycles. The van der Waals surface area contributed by atoms with Crippen molar-refractivity contribution < 1.29 is 9.90 Å². The first-order valence-electron chi connectivity index (χ1n) is 8.94. The van der Waals surface area contributed by atoms with E-state index in [1.165, 1.54) is 0 Å². The Bertz CT molecular complexity index is 1090. The van der Waals surface area contributed by atoms with Gasteiger partial charge in [0, 0.05) is 27.0 Å². The van der Waals surface area contributed by atoms with Crippen LogP contribution in [0.15, 0.2) is 63.9 Å². The Balaban J connectivity index is 2.02. The molecule has 0 spiro atoms. The first-order chi connectivity index (χ1) is 13.1. The number of halogens is 1. The average Bonchev–Trinajstić information content (AvgIpc) is 2.69. The zero-order chi connectivity index (χ0) is 19.0. The van der Waals surface area contributed by atoms with Crippen LogP contribution in [0, 0.1) is 0 Å². The molecular weight excluding hydrogens is 406 g/mol. The molecule has 3 aromatic rings. The summed E-state index contributed by atoms with van der Waals surface area (Å²) in [5.41, 5.74) is 1.95. The fraction of sp³-hybridized carbons (Fsp3) is 0.182. The number of carbonyl (C=O) groups excluding carboxylic acids is 1. The minimum Gasteiger partial charge on any atom is -0.507 e. The van der Waals surface area contributed by atoms with Crippen LogP contribution in [-0.2, 0) is 12.8 Å². The van der Waals surface area contributed by atoms with Crippen molar-refractivity contribution in [2.24, 2.45) is 0 Å². The lowest BCUT2D eigenvalue weighted by molar-refractivity contribution is 0.103. The van der Waals surface area contributed by atoms with E-state index in [1.54, 1.807) is 28.8 Å². The highest BCUT2D eigenvalue weighted by molar-refractivity contribution is 9.10. The molecule has 0 atom stereocenters. The molecule has 0 amide bonds. The van der Waals surface area contributed by atoms with Crippen molar-refractivity contribution in [3.63, 3.8) is 0 Å². The van der Waals surface area contributed by atoms with Crippen LogP contribution in [0.4, 0.5) is 0 Å². The van der Waals surface area contributed by atoms with E-state index < -0.39 is 11.3 Å². The van der Waals surface area contributed by atoms with Crippen molar-refractivity contribution in [2.75, 3.05) is 0 Å². The van der Waals surface area contributed by atoms with E-state index in [-0.39, 0.29) is 11.3 Å². The molecule has 1 aromatic heterocycles. The first-order valence-corrected chi connectivity index (χ1v) is 9.73. The molecule has 2 aromatic carbocycles. The summed E-state index contributed by atoms with van der Waals surface area (Å²) in [6.07, 6.45) is 3.24. The molecule has 1 N–H and O–H groups in total. The van der Waals surface area contributed by atoms with Crippen LogP contribution >= 0.6 is 15.9 Å². The maximum absolute atomic E-state index is 13.4. The van der Waals surface area contributed by atoms with Crippen molar-refractivity contribution in [3.05, 3.63) is 91.8 Å². The van der Waals surface area contributed by atoms with Gasteiger partial charge in [-0.3, -0.25) is 14.2 Å². The van der Waals surface area contributed by atoms with E-state index in [0.717, 1.165) is 18.5 Å². The number of nitrogens with zero attached hydrogens (tertiary/aromatic N) is 1. The van der Waals surface area contributed by atoms with Gasteiger partial charge in [0.25, 0.3) is 5.56 Å².